The van der Waals surface area contributed by atoms with Gasteiger partial charge < -0.3 is 20.5 Å². The van der Waals surface area contributed by atoms with Gasteiger partial charge in [0.1, 0.15) is 12.4 Å². The summed E-state index contributed by atoms with van der Waals surface area (Å²) in [7, 11) is 0. The van der Waals surface area contributed by atoms with Gasteiger partial charge in [0.25, 0.3) is 5.91 Å². The highest BCUT2D eigenvalue weighted by Crippen LogP contribution is 2.32. The summed E-state index contributed by atoms with van der Waals surface area (Å²) in [5.41, 5.74) is 5.66. The number of carbonyl (C=O) groups excluding carboxylic acids is 1. The quantitative estimate of drug-likeness (QED) is 0.858. The van der Waals surface area contributed by atoms with Crippen LogP contribution in [0.15, 0.2) is 24.3 Å². The zero-order chi connectivity index (χ0) is 13.9. The van der Waals surface area contributed by atoms with E-state index < -0.39 is 5.60 Å². The molecular weight excluding hydrogens is 244 g/mol. The average Bonchev–Trinajstić information content (AvgIpc) is 2.41. The molecule has 1 saturated heterocycles. The summed E-state index contributed by atoms with van der Waals surface area (Å²) < 4.78 is 5.64. The summed E-state index contributed by atoms with van der Waals surface area (Å²) in [6, 6.07) is 6.85. The number of nitrogens with zero attached hydrogens (tertiary/aromatic N) is 1. The van der Waals surface area contributed by atoms with Crippen LogP contribution in [0.4, 0.5) is 5.69 Å². The molecule has 3 N–H and O–H groups in total. The van der Waals surface area contributed by atoms with Crippen LogP contribution in [0.1, 0.15) is 19.8 Å². The number of hydrogen-bond donors (Lipinski definition) is 2. The van der Waals surface area contributed by atoms with Crippen molar-refractivity contribution in [3.63, 3.8) is 0 Å². The predicted octanol–water partition coefficient (Wildman–Crippen LogP) is 1.25. The molecule has 1 heterocycles. The Morgan fingerprint density at radius 3 is 2.89 bits per heavy atom. The van der Waals surface area contributed by atoms with Gasteiger partial charge in [0.15, 0.2) is 0 Å². The third kappa shape index (κ3) is 3.05. The van der Waals surface area contributed by atoms with Crippen molar-refractivity contribution < 1.29 is 14.6 Å². The number of nitrogens with two attached hydrogens (primary N) is 1. The average molecular weight is 264 g/mol. The number of morpholine rings is 1. The molecule has 1 atom stereocenters. The van der Waals surface area contributed by atoms with Gasteiger partial charge in [0, 0.05) is 0 Å². The molecule has 0 aromatic heterocycles. The molecule has 5 nitrogen and oxygen atoms in total. The molecule has 0 aliphatic carbocycles. The Bertz CT molecular complexity index is 464. The van der Waals surface area contributed by atoms with Gasteiger partial charge in [0.2, 0.25) is 0 Å². The third-order valence-electron chi connectivity index (χ3n) is 3.42. The summed E-state index contributed by atoms with van der Waals surface area (Å²) in [6.07, 6.45) is 1.64. The van der Waals surface area contributed by atoms with Gasteiger partial charge in [-0.1, -0.05) is 12.1 Å². The Morgan fingerprint density at radius 2 is 2.21 bits per heavy atom. The lowest BCUT2D eigenvalue weighted by Gasteiger charge is -2.40. The van der Waals surface area contributed by atoms with E-state index in [0.717, 1.165) is 12.8 Å². The lowest BCUT2D eigenvalue weighted by Crippen LogP contribution is -2.53. The first-order valence-electron chi connectivity index (χ1n) is 6.48. The highest BCUT2D eigenvalue weighted by Gasteiger charge is 2.36. The van der Waals surface area contributed by atoms with Crippen LogP contribution in [0.3, 0.4) is 0 Å². The van der Waals surface area contributed by atoms with E-state index in [-0.39, 0.29) is 18.3 Å². The van der Waals surface area contributed by atoms with Gasteiger partial charge >= 0.3 is 0 Å². The second-order valence-electron chi connectivity index (χ2n) is 5.10. The van der Waals surface area contributed by atoms with Gasteiger partial charge in [0.05, 0.1) is 17.8 Å². The van der Waals surface area contributed by atoms with Gasteiger partial charge in [-0.25, -0.2) is 0 Å². The maximum atomic E-state index is 12.0. The van der Waals surface area contributed by atoms with Crippen LogP contribution < -0.4 is 10.6 Å². The number of para-hydroxylation sites is 2. The summed E-state index contributed by atoms with van der Waals surface area (Å²) >= 11 is 0. The standard InChI is InChI=1S/C14H20N2O3/c1-14(7-4-8-15)10-16(13(18)9-19-14)11-5-2-3-6-12(11)17/h2-3,5-6,17H,4,7-10,15H2,1H3. The number of phenolic OH excluding ortho intramolecular Hbond substituents is 1. The molecule has 104 valence electrons. The first-order valence-corrected chi connectivity index (χ1v) is 6.48. The molecule has 1 aromatic rings. The molecule has 1 aliphatic heterocycles. The number of carbonyl (C=O) groups is 1. The predicted molar refractivity (Wildman–Crippen MR) is 73.1 cm³/mol. The number of anilines is 1. The molecule has 19 heavy (non-hydrogen) atoms. The zero-order valence-electron chi connectivity index (χ0n) is 11.1. The smallest absolute Gasteiger partial charge is 0.253 e. The Hall–Kier alpha value is -1.59. The van der Waals surface area contributed by atoms with Crippen molar-refractivity contribution in [1.29, 1.82) is 0 Å². The Morgan fingerprint density at radius 1 is 1.47 bits per heavy atom. The van der Waals surface area contributed by atoms with E-state index in [0.29, 0.717) is 18.8 Å². The maximum absolute atomic E-state index is 12.0. The second-order valence-corrected chi connectivity index (χ2v) is 5.10. The SMILES string of the molecule is CC1(CCCN)CN(c2ccccc2O)C(=O)CO1. The van der Waals surface area contributed by atoms with E-state index >= 15 is 0 Å². The first-order chi connectivity index (χ1) is 9.06. The molecule has 5 heteroatoms. The molecule has 1 amide bonds. The Kier molecular flexibility index (Phi) is 4.07. The van der Waals surface area contributed by atoms with Crippen molar-refractivity contribution in [2.45, 2.75) is 25.4 Å². The van der Waals surface area contributed by atoms with Crippen molar-refractivity contribution in [3.05, 3.63) is 24.3 Å². The normalized spacial score (nSPS) is 23.7. The molecule has 2 rings (SSSR count). The molecule has 0 saturated carbocycles. The lowest BCUT2D eigenvalue weighted by molar-refractivity contribution is -0.137. The van der Waals surface area contributed by atoms with Crippen LogP contribution in [0.25, 0.3) is 0 Å². The van der Waals surface area contributed by atoms with Crippen molar-refractivity contribution in [2.24, 2.45) is 5.73 Å². The number of hydrogen-bond acceptors (Lipinski definition) is 4. The first kappa shape index (κ1) is 13.8. The minimum Gasteiger partial charge on any atom is -0.506 e. The molecule has 1 unspecified atom stereocenters. The summed E-state index contributed by atoms with van der Waals surface area (Å²) in [6.45, 7) is 3.05. The van der Waals surface area contributed by atoms with E-state index in [9.17, 15) is 9.90 Å². The summed E-state index contributed by atoms with van der Waals surface area (Å²) in [4.78, 5) is 13.6. The number of phenols is 1. The summed E-state index contributed by atoms with van der Waals surface area (Å²) in [5, 5.41) is 9.87. The number of amides is 1. The van der Waals surface area contributed by atoms with Crippen LogP contribution in [0.5, 0.6) is 5.75 Å². The van der Waals surface area contributed by atoms with Gasteiger partial charge in [-0.2, -0.15) is 0 Å². The Labute approximate surface area is 113 Å². The number of ether oxygens (including phenoxy) is 1. The van der Waals surface area contributed by atoms with E-state index in [1.54, 1.807) is 29.2 Å². The fourth-order valence-corrected chi connectivity index (χ4v) is 2.32. The van der Waals surface area contributed by atoms with E-state index in [4.69, 9.17) is 10.5 Å². The van der Waals surface area contributed by atoms with Crippen molar-refractivity contribution in [3.8, 4) is 5.75 Å². The third-order valence-corrected chi connectivity index (χ3v) is 3.42. The van der Waals surface area contributed by atoms with Crippen molar-refractivity contribution in [1.82, 2.24) is 0 Å². The minimum absolute atomic E-state index is 0.0371. The van der Waals surface area contributed by atoms with Crippen LogP contribution in [0, 0.1) is 0 Å². The molecule has 1 aromatic carbocycles. The topological polar surface area (TPSA) is 75.8 Å². The second kappa shape index (κ2) is 5.59. The van der Waals surface area contributed by atoms with Crippen molar-refractivity contribution in [2.75, 3.05) is 24.6 Å². The fraction of sp³-hybridized carbons (Fsp3) is 0.500. The van der Waals surface area contributed by atoms with E-state index in [1.807, 2.05) is 6.92 Å². The molecule has 1 aliphatic rings. The number of benzene rings is 1. The highest BCUT2D eigenvalue weighted by molar-refractivity contribution is 5.96. The van der Waals surface area contributed by atoms with Crippen LogP contribution >= 0.6 is 0 Å². The highest BCUT2D eigenvalue weighted by atomic mass is 16.5. The largest absolute Gasteiger partial charge is 0.506 e. The minimum atomic E-state index is -0.407. The molecule has 0 spiro atoms. The molecular formula is C14H20N2O3. The number of rotatable bonds is 4. The zero-order valence-corrected chi connectivity index (χ0v) is 11.1. The lowest BCUT2D eigenvalue weighted by atomic mass is 9.97. The van der Waals surface area contributed by atoms with E-state index in [1.165, 1.54) is 0 Å². The van der Waals surface area contributed by atoms with E-state index in [2.05, 4.69) is 0 Å². The Balaban J connectivity index is 2.19. The molecule has 1 fully saturated rings. The maximum Gasteiger partial charge on any atom is 0.253 e. The fourth-order valence-electron chi connectivity index (χ4n) is 2.32. The number of aromatic hydroxyl groups is 1. The van der Waals surface area contributed by atoms with Gasteiger partial charge in [-0.05, 0) is 38.4 Å². The molecule has 0 bridgehead atoms. The monoisotopic (exact) mass is 264 g/mol. The van der Waals surface area contributed by atoms with Gasteiger partial charge in [-0.3, -0.25) is 4.79 Å². The summed E-state index contributed by atoms with van der Waals surface area (Å²) in [5.74, 6) is -0.0225. The van der Waals surface area contributed by atoms with Crippen LogP contribution in [0.2, 0.25) is 0 Å². The van der Waals surface area contributed by atoms with Crippen LogP contribution in [-0.4, -0.2) is 36.3 Å². The van der Waals surface area contributed by atoms with Gasteiger partial charge in [-0.15, -0.1) is 0 Å². The van der Waals surface area contributed by atoms with Crippen molar-refractivity contribution >= 4 is 11.6 Å². The molecule has 0 radical (unpaired) electrons. The van der Waals surface area contributed by atoms with Crippen LogP contribution in [-0.2, 0) is 9.53 Å².